The summed E-state index contributed by atoms with van der Waals surface area (Å²) < 4.78 is 47.8. The van der Waals surface area contributed by atoms with Crippen LogP contribution >= 0.6 is 0 Å². The van der Waals surface area contributed by atoms with Crippen molar-refractivity contribution in [1.29, 1.82) is 0 Å². The van der Waals surface area contributed by atoms with Crippen molar-refractivity contribution in [3.63, 3.8) is 0 Å². The molecule has 0 bridgehead atoms. The number of nitrogens with one attached hydrogen (secondary N) is 2. The Bertz CT molecular complexity index is 918. The summed E-state index contributed by atoms with van der Waals surface area (Å²) in [5, 5.41) is 4.62. The Hall–Kier alpha value is -2.78. The Labute approximate surface area is 163 Å². The highest BCUT2D eigenvalue weighted by atomic mass is 19.2. The molecule has 10 heteroatoms. The molecule has 2 saturated heterocycles. The molecule has 5 rings (SSSR count). The first-order valence-corrected chi connectivity index (χ1v) is 9.45. The molecular formula is C19H18F3N3O4. The fraction of sp³-hybridized carbons (Fsp3) is 0.526. The number of fused-ring (bicyclic) bond motifs is 1. The van der Waals surface area contributed by atoms with E-state index >= 15 is 0 Å². The highest BCUT2D eigenvalue weighted by Gasteiger charge is 2.87. The van der Waals surface area contributed by atoms with Crippen LogP contribution in [-0.2, 0) is 14.3 Å². The zero-order chi connectivity index (χ0) is 20.6. The zero-order valence-electron chi connectivity index (χ0n) is 15.3. The van der Waals surface area contributed by atoms with Gasteiger partial charge in [0.1, 0.15) is 23.4 Å². The Morgan fingerprint density at radius 1 is 1.21 bits per heavy atom. The highest BCUT2D eigenvalue weighted by molar-refractivity contribution is 6.01. The Kier molecular flexibility index (Phi) is 3.69. The number of hydrogen-bond donors (Lipinski definition) is 2. The van der Waals surface area contributed by atoms with Gasteiger partial charge in [-0.25, -0.2) is 18.0 Å². The van der Waals surface area contributed by atoms with E-state index in [4.69, 9.17) is 4.74 Å². The topological polar surface area (TPSA) is 87.7 Å². The smallest absolute Gasteiger partial charge is 0.408 e. The van der Waals surface area contributed by atoms with Crippen LogP contribution in [0.2, 0.25) is 0 Å². The molecule has 2 N–H and O–H groups in total. The SMILES string of the molecule is O=C1CCC(c2c(F)cc(N3CC(OC(=O)NC45CC4(F)C5)C3)cc2F)C(=O)N1. The van der Waals surface area contributed by atoms with Crippen LogP contribution < -0.4 is 15.5 Å². The third-order valence-electron chi connectivity index (χ3n) is 6.25. The summed E-state index contributed by atoms with van der Waals surface area (Å²) >= 11 is 0. The van der Waals surface area contributed by atoms with Crippen LogP contribution in [0.1, 0.15) is 37.2 Å². The van der Waals surface area contributed by atoms with E-state index < -0.39 is 52.8 Å². The normalized spacial score (nSPS) is 32.8. The van der Waals surface area contributed by atoms with Gasteiger partial charge in [-0.15, -0.1) is 0 Å². The summed E-state index contributed by atoms with van der Waals surface area (Å²) in [6, 6.07) is 2.26. The van der Waals surface area contributed by atoms with E-state index in [-0.39, 0.29) is 37.2 Å². The molecule has 4 aliphatic rings. The standard InChI is InChI=1S/C19H18F3N3O4/c20-12-3-9(4-13(21)15(12)11-1-2-14(26)23-16(11)27)25-5-10(6-25)29-17(28)24-19-7-18(19,22)8-19/h3-4,10-11H,1-2,5-8H2,(H,24,28)(H,23,26,27). The number of amides is 3. The molecule has 154 valence electrons. The number of hydrogen-bond acceptors (Lipinski definition) is 5. The van der Waals surface area contributed by atoms with Crippen molar-refractivity contribution in [3.8, 4) is 0 Å². The number of halogens is 3. The summed E-state index contributed by atoms with van der Waals surface area (Å²) in [5.41, 5.74) is -2.07. The number of benzene rings is 1. The first kappa shape index (κ1) is 18.3. The van der Waals surface area contributed by atoms with Crippen molar-refractivity contribution in [3.05, 3.63) is 29.3 Å². The van der Waals surface area contributed by atoms with Crippen molar-refractivity contribution in [2.24, 2.45) is 0 Å². The average molecular weight is 409 g/mol. The van der Waals surface area contributed by atoms with Crippen LogP contribution in [0, 0.1) is 11.6 Å². The van der Waals surface area contributed by atoms with Gasteiger partial charge >= 0.3 is 6.09 Å². The number of carbonyl (C=O) groups is 3. The monoisotopic (exact) mass is 409 g/mol. The van der Waals surface area contributed by atoms with Crippen LogP contribution in [0.3, 0.4) is 0 Å². The van der Waals surface area contributed by atoms with Gasteiger partial charge < -0.3 is 15.0 Å². The third kappa shape index (κ3) is 2.92. The molecule has 1 unspecified atom stereocenters. The number of anilines is 1. The maximum atomic E-state index is 14.6. The molecule has 1 atom stereocenters. The number of ether oxygens (including phenoxy) is 1. The highest BCUT2D eigenvalue weighted by Crippen LogP contribution is 2.73. The molecule has 1 aromatic carbocycles. The lowest BCUT2D eigenvalue weighted by Gasteiger charge is -2.40. The van der Waals surface area contributed by atoms with E-state index in [2.05, 4.69) is 10.6 Å². The molecule has 3 amide bonds. The maximum absolute atomic E-state index is 14.6. The molecule has 2 aliphatic carbocycles. The van der Waals surface area contributed by atoms with Gasteiger partial charge in [0.15, 0.2) is 0 Å². The van der Waals surface area contributed by atoms with Gasteiger partial charge in [0.25, 0.3) is 0 Å². The molecule has 0 radical (unpaired) electrons. The predicted octanol–water partition coefficient (Wildman–Crippen LogP) is 1.65. The third-order valence-corrected chi connectivity index (χ3v) is 6.25. The number of piperidine rings is 1. The number of rotatable bonds is 4. The van der Waals surface area contributed by atoms with E-state index in [1.807, 2.05) is 0 Å². The number of imide groups is 1. The van der Waals surface area contributed by atoms with Gasteiger partial charge in [-0.2, -0.15) is 0 Å². The number of alkyl carbamates (subject to hydrolysis) is 1. The molecule has 0 aromatic heterocycles. The molecular weight excluding hydrogens is 391 g/mol. The van der Waals surface area contributed by atoms with Crippen LogP contribution in [-0.4, -0.2) is 48.3 Å². The molecule has 2 aliphatic heterocycles. The largest absolute Gasteiger partial charge is 0.442 e. The minimum atomic E-state index is -1.25. The summed E-state index contributed by atoms with van der Waals surface area (Å²) in [5.74, 6) is -3.95. The van der Waals surface area contributed by atoms with Crippen molar-refractivity contribution in [2.45, 2.75) is 48.9 Å². The van der Waals surface area contributed by atoms with Crippen LogP contribution in [0.25, 0.3) is 0 Å². The zero-order valence-corrected chi connectivity index (χ0v) is 15.3. The van der Waals surface area contributed by atoms with Crippen molar-refractivity contribution >= 4 is 23.6 Å². The Morgan fingerprint density at radius 2 is 1.83 bits per heavy atom. The minimum Gasteiger partial charge on any atom is -0.442 e. The van der Waals surface area contributed by atoms with E-state index in [1.165, 1.54) is 0 Å². The van der Waals surface area contributed by atoms with Gasteiger partial charge in [0, 0.05) is 30.5 Å². The van der Waals surface area contributed by atoms with E-state index in [1.54, 1.807) is 4.90 Å². The lowest BCUT2D eigenvalue weighted by molar-refractivity contribution is -0.134. The van der Waals surface area contributed by atoms with E-state index in [0.29, 0.717) is 12.8 Å². The number of carbonyl (C=O) groups excluding carboxylic acids is 3. The molecule has 2 heterocycles. The average Bonchev–Trinajstić information content (AvgIpc) is 3.34. The van der Waals surface area contributed by atoms with Crippen molar-refractivity contribution < 1.29 is 32.3 Å². The summed E-state index contributed by atoms with van der Waals surface area (Å²) in [6.07, 6.45) is -0.423. The van der Waals surface area contributed by atoms with Crippen LogP contribution in [0.15, 0.2) is 12.1 Å². The van der Waals surface area contributed by atoms with E-state index in [0.717, 1.165) is 12.1 Å². The molecule has 7 nitrogen and oxygen atoms in total. The fourth-order valence-corrected chi connectivity index (χ4v) is 4.17. The Morgan fingerprint density at radius 3 is 2.38 bits per heavy atom. The summed E-state index contributed by atoms with van der Waals surface area (Å²) in [7, 11) is 0. The second-order valence-electron chi connectivity index (χ2n) is 8.29. The van der Waals surface area contributed by atoms with Crippen LogP contribution in [0.4, 0.5) is 23.7 Å². The molecule has 4 fully saturated rings. The molecule has 2 saturated carbocycles. The van der Waals surface area contributed by atoms with Crippen molar-refractivity contribution in [1.82, 2.24) is 10.6 Å². The molecule has 29 heavy (non-hydrogen) atoms. The Balaban J connectivity index is 1.20. The van der Waals surface area contributed by atoms with Gasteiger partial charge in [-0.1, -0.05) is 0 Å². The van der Waals surface area contributed by atoms with Gasteiger partial charge in [-0.3, -0.25) is 14.9 Å². The van der Waals surface area contributed by atoms with Gasteiger partial charge in [0.05, 0.1) is 24.5 Å². The quantitative estimate of drug-likeness (QED) is 0.739. The second kappa shape index (κ2) is 5.87. The maximum Gasteiger partial charge on any atom is 0.408 e. The summed E-state index contributed by atoms with van der Waals surface area (Å²) in [6.45, 7) is 0.496. The lowest BCUT2D eigenvalue weighted by atomic mass is 9.89. The fourth-order valence-electron chi connectivity index (χ4n) is 4.17. The number of alkyl halides is 1. The summed E-state index contributed by atoms with van der Waals surface area (Å²) in [4.78, 5) is 36.6. The lowest BCUT2D eigenvalue weighted by Crippen LogP contribution is -2.54. The molecule has 0 spiro atoms. The number of nitrogens with zero attached hydrogens (tertiary/aromatic N) is 1. The predicted molar refractivity (Wildman–Crippen MR) is 92.9 cm³/mol. The second-order valence-corrected chi connectivity index (χ2v) is 8.29. The molecule has 1 aromatic rings. The van der Waals surface area contributed by atoms with Gasteiger partial charge in [0.2, 0.25) is 11.8 Å². The first-order valence-electron chi connectivity index (χ1n) is 9.45. The minimum absolute atomic E-state index is 0.0229. The van der Waals surface area contributed by atoms with Crippen molar-refractivity contribution in [2.75, 3.05) is 18.0 Å². The van der Waals surface area contributed by atoms with E-state index in [9.17, 15) is 27.6 Å². The van der Waals surface area contributed by atoms with Gasteiger partial charge in [-0.05, 0) is 18.6 Å². The van der Waals surface area contributed by atoms with Crippen LogP contribution in [0.5, 0.6) is 0 Å². The first-order chi connectivity index (χ1) is 13.7.